The first-order valence-electron chi connectivity index (χ1n) is 8.61. The van der Waals surface area contributed by atoms with Crippen LogP contribution in [0.1, 0.15) is 47.1 Å². The van der Waals surface area contributed by atoms with Gasteiger partial charge < -0.3 is 4.90 Å². The number of nitrogens with one attached hydrogen (secondary N) is 1. The average molecular weight is 331 g/mol. The molecule has 4 heteroatoms. The van der Waals surface area contributed by atoms with Crippen molar-refractivity contribution in [2.75, 3.05) is 0 Å². The van der Waals surface area contributed by atoms with Gasteiger partial charge in [0.1, 0.15) is 5.69 Å². The normalized spacial score (nSPS) is 16.6. The second kappa shape index (κ2) is 5.88. The lowest BCUT2D eigenvalue weighted by atomic mass is 9.95. The van der Waals surface area contributed by atoms with E-state index in [0.717, 1.165) is 22.4 Å². The fraction of sp³-hybridized carbons (Fsp3) is 0.238. The van der Waals surface area contributed by atoms with E-state index >= 15 is 0 Å². The monoisotopic (exact) mass is 331 g/mol. The Hall–Kier alpha value is -2.88. The molecule has 0 aliphatic carbocycles. The molecule has 4 nitrogen and oxygen atoms in total. The minimum absolute atomic E-state index is 0.0188. The molecule has 25 heavy (non-hydrogen) atoms. The van der Waals surface area contributed by atoms with Gasteiger partial charge in [-0.05, 0) is 26.3 Å². The third-order valence-corrected chi connectivity index (χ3v) is 4.80. The van der Waals surface area contributed by atoms with Crippen LogP contribution in [0.15, 0.2) is 54.6 Å². The van der Waals surface area contributed by atoms with Crippen LogP contribution in [0, 0.1) is 6.92 Å². The lowest BCUT2D eigenvalue weighted by Gasteiger charge is -2.30. The fourth-order valence-electron chi connectivity index (χ4n) is 3.59. The maximum atomic E-state index is 13.0. The largest absolute Gasteiger partial charge is 0.324 e. The maximum absolute atomic E-state index is 13.0. The number of rotatable bonds is 3. The van der Waals surface area contributed by atoms with Crippen molar-refractivity contribution in [2.45, 2.75) is 32.9 Å². The Bertz CT molecular complexity index is 910. The summed E-state index contributed by atoms with van der Waals surface area (Å²) in [6.45, 7) is 6.18. The Balaban J connectivity index is 1.92. The number of hydrogen-bond acceptors (Lipinski definition) is 2. The zero-order chi connectivity index (χ0) is 17.6. The van der Waals surface area contributed by atoms with E-state index in [0.29, 0.717) is 5.69 Å². The highest BCUT2D eigenvalue weighted by Crippen LogP contribution is 2.43. The summed E-state index contributed by atoms with van der Waals surface area (Å²) in [7, 11) is 0. The van der Waals surface area contributed by atoms with E-state index in [4.69, 9.17) is 0 Å². The first kappa shape index (κ1) is 15.6. The molecule has 2 aromatic carbocycles. The Kier molecular flexibility index (Phi) is 3.68. The quantitative estimate of drug-likeness (QED) is 0.776. The predicted molar refractivity (Wildman–Crippen MR) is 98.4 cm³/mol. The van der Waals surface area contributed by atoms with Gasteiger partial charge in [0.15, 0.2) is 0 Å². The van der Waals surface area contributed by atoms with Gasteiger partial charge in [-0.15, -0.1) is 0 Å². The van der Waals surface area contributed by atoms with E-state index in [-0.39, 0.29) is 18.0 Å². The second-order valence-corrected chi connectivity index (χ2v) is 6.85. The van der Waals surface area contributed by atoms with Gasteiger partial charge in [-0.3, -0.25) is 9.89 Å². The highest BCUT2D eigenvalue weighted by Gasteiger charge is 2.43. The van der Waals surface area contributed by atoms with Crippen LogP contribution < -0.4 is 0 Å². The van der Waals surface area contributed by atoms with Crippen molar-refractivity contribution in [3.8, 4) is 11.3 Å². The molecular weight excluding hydrogens is 310 g/mol. The standard InChI is InChI=1S/C21H21N3O/c1-13(2)24-20(16-11-9-14(3)10-12-16)17-18(15-7-5-4-6-8-15)22-23-19(17)21(24)25/h4-13,20H,1-3H3,(H,22,23). The summed E-state index contributed by atoms with van der Waals surface area (Å²) in [5, 5.41) is 7.46. The van der Waals surface area contributed by atoms with Gasteiger partial charge in [0.05, 0.1) is 11.7 Å². The zero-order valence-corrected chi connectivity index (χ0v) is 14.7. The number of fused-ring (bicyclic) bond motifs is 1. The summed E-state index contributed by atoms with van der Waals surface area (Å²) in [5.41, 5.74) is 5.80. The van der Waals surface area contributed by atoms with E-state index in [1.807, 2.05) is 35.2 Å². The summed E-state index contributed by atoms with van der Waals surface area (Å²) in [4.78, 5) is 14.9. The van der Waals surface area contributed by atoms with E-state index in [2.05, 4.69) is 55.2 Å². The molecule has 1 aliphatic rings. The molecule has 0 radical (unpaired) electrons. The summed E-state index contributed by atoms with van der Waals surface area (Å²) in [6.07, 6.45) is 0. The lowest BCUT2D eigenvalue weighted by molar-refractivity contribution is 0.0688. The highest BCUT2D eigenvalue weighted by atomic mass is 16.2. The smallest absolute Gasteiger partial charge is 0.273 e. The number of aromatic nitrogens is 2. The van der Waals surface area contributed by atoms with Gasteiger partial charge in [0, 0.05) is 17.2 Å². The van der Waals surface area contributed by atoms with Crippen LogP contribution in [0.4, 0.5) is 0 Å². The van der Waals surface area contributed by atoms with E-state index in [1.165, 1.54) is 5.56 Å². The molecule has 1 unspecified atom stereocenters. The van der Waals surface area contributed by atoms with Gasteiger partial charge in [-0.1, -0.05) is 60.2 Å². The number of carbonyl (C=O) groups excluding carboxylic acids is 1. The Morgan fingerprint density at radius 1 is 1.04 bits per heavy atom. The van der Waals surface area contributed by atoms with Crippen LogP contribution in [-0.2, 0) is 0 Å². The van der Waals surface area contributed by atoms with Crippen LogP contribution in [0.2, 0.25) is 0 Å². The minimum Gasteiger partial charge on any atom is -0.324 e. The van der Waals surface area contributed by atoms with Crippen LogP contribution >= 0.6 is 0 Å². The van der Waals surface area contributed by atoms with Crippen molar-refractivity contribution in [3.63, 3.8) is 0 Å². The minimum atomic E-state index is -0.114. The molecule has 0 bridgehead atoms. The summed E-state index contributed by atoms with van der Waals surface area (Å²) in [6, 6.07) is 18.4. The first-order valence-corrected chi connectivity index (χ1v) is 8.61. The van der Waals surface area contributed by atoms with E-state index < -0.39 is 0 Å². The number of nitrogens with zero attached hydrogens (tertiary/aromatic N) is 2. The van der Waals surface area contributed by atoms with Crippen LogP contribution in [0.25, 0.3) is 11.3 Å². The number of aryl methyl sites for hydroxylation is 1. The molecule has 1 atom stereocenters. The number of H-pyrrole nitrogens is 1. The molecular formula is C21H21N3O. The molecule has 4 rings (SSSR count). The molecule has 1 aromatic heterocycles. The molecule has 1 aliphatic heterocycles. The van der Waals surface area contributed by atoms with Gasteiger partial charge in [-0.25, -0.2) is 0 Å². The van der Waals surface area contributed by atoms with Gasteiger partial charge in [0.25, 0.3) is 5.91 Å². The summed E-state index contributed by atoms with van der Waals surface area (Å²) >= 11 is 0. The Labute approximate surface area is 147 Å². The number of benzene rings is 2. The number of amides is 1. The molecule has 1 N–H and O–H groups in total. The van der Waals surface area contributed by atoms with Gasteiger partial charge in [0.2, 0.25) is 0 Å². The van der Waals surface area contributed by atoms with E-state index in [1.54, 1.807) is 0 Å². The van der Waals surface area contributed by atoms with Crippen molar-refractivity contribution in [3.05, 3.63) is 77.0 Å². The molecule has 0 spiro atoms. The number of aromatic amines is 1. The molecule has 0 saturated carbocycles. The second-order valence-electron chi connectivity index (χ2n) is 6.85. The Morgan fingerprint density at radius 3 is 2.36 bits per heavy atom. The third-order valence-electron chi connectivity index (χ3n) is 4.80. The predicted octanol–water partition coefficient (Wildman–Crippen LogP) is 4.34. The SMILES string of the molecule is Cc1ccc(C2c3c(-c4ccccc4)n[nH]c3C(=O)N2C(C)C)cc1. The van der Waals surface area contributed by atoms with Crippen LogP contribution in [-0.4, -0.2) is 27.0 Å². The number of hydrogen-bond donors (Lipinski definition) is 1. The van der Waals surface area contributed by atoms with Crippen molar-refractivity contribution >= 4 is 5.91 Å². The molecule has 2 heterocycles. The third kappa shape index (κ3) is 2.45. The van der Waals surface area contributed by atoms with Gasteiger partial charge in [-0.2, -0.15) is 5.10 Å². The Morgan fingerprint density at radius 2 is 1.72 bits per heavy atom. The van der Waals surface area contributed by atoms with E-state index in [9.17, 15) is 4.79 Å². The van der Waals surface area contributed by atoms with Crippen molar-refractivity contribution in [2.24, 2.45) is 0 Å². The average Bonchev–Trinajstić information content (AvgIpc) is 3.16. The topological polar surface area (TPSA) is 49.0 Å². The summed E-state index contributed by atoms with van der Waals surface area (Å²) < 4.78 is 0. The lowest BCUT2D eigenvalue weighted by Crippen LogP contribution is -2.35. The van der Waals surface area contributed by atoms with Crippen molar-refractivity contribution < 1.29 is 4.79 Å². The highest BCUT2D eigenvalue weighted by molar-refractivity contribution is 6.00. The van der Waals surface area contributed by atoms with Crippen molar-refractivity contribution in [1.29, 1.82) is 0 Å². The first-order chi connectivity index (χ1) is 12.1. The molecule has 0 saturated heterocycles. The molecule has 126 valence electrons. The molecule has 0 fully saturated rings. The number of carbonyl (C=O) groups is 1. The fourth-order valence-corrected chi connectivity index (χ4v) is 3.59. The van der Waals surface area contributed by atoms with Crippen LogP contribution in [0.5, 0.6) is 0 Å². The summed E-state index contributed by atoms with van der Waals surface area (Å²) in [5.74, 6) is 0.0188. The van der Waals surface area contributed by atoms with Gasteiger partial charge >= 0.3 is 0 Å². The maximum Gasteiger partial charge on any atom is 0.273 e. The van der Waals surface area contributed by atoms with Crippen LogP contribution in [0.3, 0.4) is 0 Å². The zero-order valence-electron chi connectivity index (χ0n) is 14.7. The van der Waals surface area contributed by atoms with Crippen molar-refractivity contribution in [1.82, 2.24) is 15.1 Å². The molecule has 1 amide bonds. The molecule has 3 aromatic rings.